The van der Waals surface area contributed by atoms with Gasteiger partial charge in [-0.3, -0.25) is 9.69 Å². The highest BCUT2D eigenvalue weighted by atomic mass is 16.2. The van der Waals surface area contributed by atoms with Crippen LogP contribution < -0.4 is 5.32 Å². The third kappa shape index (κ3) is 6.38. The molecule has 0 aromatic heterocycles. The van der Waals surface area contributed by atoms with Crippen LogP contribution in [0.1, 0.15) is 20.3 Å². The lowest BCUT2D eigenvalue weighted by Crippen LogP contribution is -2.53. The van der Waals surface area contributed by atoms with Gasteiger partial charge in [-0.15, -0.1) is 0 Å². The van der Waals surface area contributed by atoms with Gasteiger partial charge in [-0.25, -0.2) is 4.79 Å². The molecule has 0 bridgehead atoms. The van der Waals surface area contributed by atoms with Crippen LogP contribution in [0.25, 0.3) is 0 Å². The smallest absolute Gasteiger partial charge is 0.321 e. The van der Waals surface area contributed by atoms with Crippen molar-refractivity contribution >= 4 is 17.6 Å². The maximum atomic E-state index is 12.4. The van der Waals surface area contributed by atoms with Gasteiger partial charge in [0.25, 0.3) is 0 Å². The number of carbonyl (C=O) groups excluding carboxylic acids is 2. The van der Waals surface area contributed by atoms with E-state index in [1.807, 2.05) is 42.3 Å². The maximum Gasteiger partial charge on any atom is 0.321 e. The molecular weight excluding hydrogens is 316 g/mol. The second-order valence-electron chi connectivity index (χ2n) is 7.08. The Bertz CT molecular complexity index is 554. The highest BCUT2D eigenvalue weighted by molar-refractivity contribution is 5.89. The number of hydrogen-bond donors (Lipinski definition) is 1. The van der Waals surface area contributed by atoms with E-state index in [4.69, 9.17) is 0 Å². The first kappa shape index (κ1) is 19.2. The Morgan fingerprint density at radius 3 is 2.28 bits per heavy atom. The summed E-state index contributed by atoms with van der Waals surface area (Å²) in [6.45, 7) is 8.09. The van der Waals surface area contributed by atoms with E-state index in [0.717, 1.165) is 18.7 Å². The number of para-hydroxylation sites is 1. The molecule has 1 aliphatic heterocycles. The summed E-state index contributed by atoms with van der Waals surface area (Å²) in [5, 5.41) is 2.89. The van der Waals surface area contributed by atoms with Crippen LogP contribution in [0, 0.1) is 5.92 Å². The number of benzene rings is 1. The van der Waals surface area contributed by atoms with Crippen LogP contribution in [-0.4, -0.2) is 73.0 Å². The van der Waals surface area contributed by atoms with Gasteiger partial charge >= 0.3 is 6.03 Å². The van der Waals surface area contributed by atoms with Crippen molar-refractivity contribution < 1.29 is 9.59 Å². The Labute approximate surface area is 150 Å². The molecule has 1 heterocycles. The molecule has 6 nitrogen and oxygen atoms in total. The summed E-state index contributed by atoms with van der Waals surface area (Å²) < 4.78 is 0. The van der Waals surface area contributed by atoms with Gasteiger partial charge in [0.1, 0.15) is 0 Å². The van der Waals surface area contributed by atoms with Crippen LogP contribution in [0.3, 0.4) is 0 Å². The van der Waals surface area contributed by atoms with E-state index in [-0.39, 0.29) is 11.9 Å². The van der Waals surface area contributed by atoms with Crippen LogP contribution in [-0.2, 0) is 4.79 Å². The van der Waals surface area contributed by atoms with E-state index in [2.05, 4.69) is 24.1 Å². The summed E-state index contributed by atoms with van der Waals surface area (Å²) in [6, 6.07) is 9.32. The number of amides is 3. The fourth-order valence-corrected chi connectivity index (χ4v) is 2.77. The Morgan fingerprint density at radius 1 is 1.08 bits per heavy atom. The highest BCUT2D eigenvalue weighted by Crippen LogP contribution is 2.09. The molecule has 3 amide bonds. The summed E-state index contributed by atoms with van der Waals surface area (Å²) in [5.74, 6) is 0.790. The van der Waals surface area contributed by atoms with E-state index in [1.54, 1.807) is 4.90 Å². The standard InChI is InChI=1S/C19H30N4O2/c1-16(2)9-10-21(3)15-18(24)22-11-13-23(14-12-22)19(25)20-17-7-5-4-6-8-17/h4-8,16H,9-15H2,1-3H3,(H,20,25). The number of likely N-dealkylation sites (N-methyl/N-ethyl adjacent to an activating group) is 1. The van der Waals surface area contributed by atoms with Crippen molar-refractivity contribution in [2.75, 3.05) is 51.6 Å². The number of urea groups is 1. The number of rotatable bonds is 6. The van der Waals surface area contributed by atoms with Crippen LogP contribution >= 0.6 is 0 Å². The van der Waals surface area contributed by atoms with Gasteiger partial charge in [0.15, 0.2) is 0 Å². The zero-order valence-electron chi connectivity index (χ0n) is 15.6. The summed E-state index contributed by atoms with van der Waals surface area (Å²) in [7, 11) is 1.99. The minimum atomic E-state index is -0.104. The molecule has 1 aliphatic rings. The Morgan fingerprint density at radius 2 is 1.68 bits per heavy atom. The molecule has 1 aromatic carbocycles. The summed E-state index contributed by atoms with van der Waals surface area (Å²) >= 11 is 0. The third-order valence-electron chi connectivity index (χ3n) is 4.44. The number of piperazine rings is 1. The second-order valence-corrected chi connectivity index (χ2v) is 7.08. The highest BCUT2D eigenvalue weighted by Gasteiger charge is 2.24. The van der Waals surface area contributed by atoms with Gasteiger partial charge in [-0.05, 0) is 38.1 Å². The maximum absolute atomic E-state index is 12.4. The molecule has 1 aromatic rings. The average Bonchev–Trinajstić information content (AvgIpc) is 2.61. The van der Waals surface area contributed by atoms with Crippen LogP contribution in [0.4, 0.5) is 10.5 Å². The van der Waals surface area contributed by atoms with Gasteiger partial charge in [0, 0.05) is 31.9 Å². The lowest BCUT2D eigenvalue weighted by atomic mass is 10.1. The molecule has 2 rings (SSSR count). The average molecular weight is 346 g/mol. The molecule has 0 aliphatic carbocycles. The van der Waals surface area contributed by atoms with Crippen molar-refractivity contribution in [3.63, 3.8) is 0 Å². The quantitative estimate of drug-likeness (QED) is 0.860. The summed E-state index contributed by atoms with van der Waals surface area (Å²) in [4.78, 5) is 30.4. The molecule has 0 radical (unpaired) electrons. The van der Waals surface area contributed by atoms with E-state index in [1.165, 1.54) is 0 Å². The zero-order chi connectivity index (χ0) is 18.2. The van der Waals surface area contributed by atoms with Gasteiger partial charge in [-0.2, -0.15) is 0 Å². The fourth-order valence-electron chi connectivity index (χ4n) is 2.77. The fraction of sp³-hybridized carbons (Fsp3) is 0.579. The third-order valence-corrected chi connectivity index (χ3v) is 4.44. The minimum Gasteiger partial charge on any atom is -0.338 e. The molecule has 1 saturated heterocycles. The van der Waals surface area contributed by atoms with Crippen molar-refractivity contribution in [2.45, 2.75) is 20.3 Å². The SMILES string of the molecule is CC(C)CCN(C)CC(=O)N1CCN(C(=O)Nc2ccccc2)CC1. The molecule has 0 unspecified atom stereocenters. The van der Waals surface area contributed by atoms with Gasteiger partial charge in [0.05, 0.1) is 6.54 Å². The topological polar surface area (TPSA) is 55.9 Å². The van der Waals surface area contributed by atoms with Gasteiger partial charge in [-0.1, -0.05) is 32.0 Å². The number of nitrogens with zero attached hydrogens (tertiary/aromatic N) is 3. The number of hydrogen-bond acceptors (Lipinski definition) is 3. The molecule has 6 heteroatoms. The number of nitrogens with one attached hydrogen (secondary N) is 1. The molecule has 138 valence electrons. The van der Waals surface area contributed by atoms with Gasteiger partial charge in [0.2, 0.25) is 5.91 Å². The predicted octanol–water partition coefficient (Wildman–Crippen LogP) is 2.34. The molecule has 1 N–H and O–H groups in total. The Kier molecular flexibility index (Phi) is 7.25. The molecule has 0 atom stereocenters. The normalized spacial score (nSPS) is 14.9. The predicted molar refractivity (Wildman–Crippen MR) is 101 cm³/mol. The summed E-state index contributed by atoms with van der Waals surface area (Å²) in [5.41, 5.74) is 0.790. The van der Waals surface area contributed by atoms with Gasteiger partial charge < -0.3 is 15.1 Å². The lowest BCUT2D eigenvalue weighted by molar-refractivity contribution is -0.133. The van der Waals surface area contributed by atoms with Crippen LogP contribution in [0.15, 0.2) is 30.3 Å². The van der Waals surface area contributed by atoms with E-state index >= 15 is 0 Å². The summed E-state index contributed by atoms with van der Waals surface area (Å²) in [6.07, 6.45) is 1.09. The largest absolute Gasteiger partial charge is 0.338 e. The van der Waals surface area contributed by atoms with E-state index in [9.17, 15) is 9.59 Å². The molecule has 0 saturated carbocycles. The minimum absolute atomic E-state index is 0.104. The molecular formula is C19H30N4O2. The zero-order valence-corrected chi connectivity index (χ0v) is 15.6. The lowest BCUT2D eigenvalue weighted by Gasteiger charge is -2.35. The number of anilines is 1. The first-order valence-corrected chi connectivity index (χ1v) is 9.03. The van der Waals surface area contributed by atoms with Crippen LogP contribution in [0.2, 0.25) is 0 Å². The Balaban J connectivity index is 1.73. The molecule has 1 fully saturated rings. The second kappa shape index (κ2) is 9.42. The van der Waals surface area contributed by atoms with E-state index < -0.39 is 0 Å². The van der Waals surface area contributed by atoms with Crippen molar-refractivity contribution in [1.82, 2.24) is 14.7 Å². The first-order chi connectivity index (χ1) is 12.0. The molecule has 0 spiro atoms. The number of carbonyl (C=O) groups is 2. The van der Waals surface area contributed by atoms with Crippen molar-refractivity contribution in [3.05, 3.63) is 30.3 Å². The van der Waals surface area contributed by atoms with Crippen molar-refractivity contribution in [2.24, 2.45) is 5.92 Å². The van der Waals surface area contributed by atoms with Crippen molar-refractivity contribution in [3.8, 4) is 0 Å². The van der Waals surface area contributed by atoms with Crippen LogP contribution in [0.5, 0.6) is 0 Å². The monoisotopic (exact) mass is 346 g/mol. The Hall–Kier alpha value is -2.08. The van der Waals surface area contributed by atoms with E-state index in [0.29, 0.717) is 38.6 Å². The van der Waals surface area contributed by atoms with Crippen molar-refractivity contribution in [1.29, 1.82) is 0 Å². The first-order valence-electron chi connectivity index (χ1n) is 9.03. The molecule has 25 heavy (non-hydrogen) atoms.